The van der Waals surface area contributed by atoms with E-state index >= 15 is 0 Å². The first-order valence-corrected chi connectivity index (χ1v) is 9.32. The molecule has 0 radical (unpaired) electrons. The van der Waals surface area contributed by atoms with E-state index < -0.39 is 34.3 Å². The van der Waals surface area contributed by atoms with E-state index in [1.807, 2.05) is 6.92 Å². The van der Waals surface area contributed by atoms with Crippen LogP contribution >= 0.6 is 0 Å². The minimum Gasteiger partial charge on any atom is -0.472 e. The summed E-state index contributed by atoms with van der Waals surface area (Å²) in [5.74, 6) is -1.69. The second-order valence-electron chi connectivity index (χ2n) is 8.82. The van der Waals surface area contributed by atoms with E-state index in [9.17, 15) is 14.4 Å². The van der Waals surface area contributed by atoms with Gasteiger partial charge in [0.25, 0.3) is 0 Å². The Bertz CT molecular complexity index is 812. The third-order valence-corrected chi connectivity index (χ3v) is 8.14. The number of furan rings is 1. The van der Waals surface area contributed by atoms with E-state index in [0.717, 1.165) is 5.56 Å². The third kappa shape index (κ3) is 1.57. The summed E-state index contributed by atoms with van der Waals surface area (Å²) in [7, 11) is 0. The van der Waals surface area contributed by atoms with Crippen molar-refractivity contribution in [3.8, 4) is 0 Å². The van der Waals surface area contributed by atoms with Crippen molar-refractivity contribution in [3.63, 3.8) is 0 Å². The largest absolute Gasteiger partial charge is 0.472 e. The molecule has 0 unspecified atom stereocenters. The van der Waals surface area contributed by atoms with Gasteiger partial charge >= 0.3 is 17.9 Å². The van der Waals surface area contributed by atoms with Crippen LogP contribution < -0.4 is 0 Å². The van der Waals surface area contributed by atoms with Crippen LogP contribution in [0.1, 0.15) is 57.6 Å². The van der Waals surface area contributed by atoms with E-state index in [0.29, 0.717) is 32.1 Å². The quantitative estimate of drug-likeness (QED) is 0.566. The van der Waals surface area contributed by atoms with Crippen molar-refractivity contribution in [2.24, 2.45) is 28.1 Å². The molecule has 0 N–H and O–H groups in total. The molecule has 6 nitrogen and oxygen atoms in total. The summed E-state index contributed by atoms with van der Waals surface area (Å²) in [4.78, 5) is 38.4. The van der Waals surface area contributed by atoms with Crippen molar-refractivity contribution in [1.82, 2.24) is 0 Å². The number of carbonyl (C=O) groups excluding carboxylic acids is 3. The van der Waals surface area contributed by atoms with Gasteiger partial charge in [0.15, 0.2) is 0 Å². The molecule has 2 saturated heterocycles. The van der Waals surface area contributed by atoms with Crippen molar-refractivity contribution >= 4 is 17.9 Å². The van der Waals surface area contributed by atoms with E-state index in [1.54, 1.807) is 18.6 Å². The third-order valence-electron chi connectivity index (χ3n) is 8.14. The van der Waals surface area contributed by atoms with E-state index in [4.69, 9.17) is 13.9 Å². The molecule has 2 aliphatic heterocycles. The second kappa shape index (κ2) is 4.78. The molecule has 2 saturated carbocycles. The number of hydrogen-bond acceptors (Lipinski definition) is 6. The minimum atomic E-state index is -0.817. The lowest BCUT2D eigenvalue weighted by Gasteiger charge is -2.63. The van der Waals surface area contributed by atoms with Crippen LogP contribution in [0.2, 0.25) is 0 Å². The molecular formula is C20H22O6. The van der Waals surface area contributed by atoms with E-state index in [-0.39, 0.29) is 17.8 Å². The number of carbonyl (C=O) groups is 3. The summed E-state index contributed by atoms with van der Waals surface area (Å²) in [6, 6.07) is 1.79. The average molecular weight is 358 g/mol. The van der Waals surface area contributed by atoms with Crippen molar-refractivity contribution < 1.29 is 28.3 Å². The first-order chi connectivity index (χ1) is 12.3. The van der Waals surface area contributed by atoms with Gasteiger partial charge in [-0.25, -0.2) is 0 Å². The highest BCUT2D eigenvalue weighted by atomic mass is 16.6. The van der Waals surface area contributed by atoms with Gasteiger partial charge in [-0.1, -0.05) is 13.8 Å². The van der Waals surface area contributed by atoms with Gasteiger partial charge < -0.3 is 13.9 Å². The summed E-state index contributed by atoms with van der Waals surface area (Å²) in [6.07, 6.45) is 5.79. The normalized spacial score (nSPS) is 47.0. The van der Waals surface area contributed by atoms with Crippen LogP contribution in [0.25, 0.3) is 0 Å². The Morgan fingerprint density at radius 3 is 2.46 bits per heavy atom. The molecule has 0 aromatic carbocycles. The van der Waals surface area contributed by atoms with Gasteiger partial charge in [0, 0.05) is 11.0 Å². The Labute approximate surface area is 151 Å². The van der Waals surface area contributed by atoms with Crippen LogP contribution in [-0.2, 0) is 23.9 Å². The Kier molecular flexibility index (Phi) is 2.96. The predicted molar refractivity (Wildman–Crippen MR) is 87.4 cm³/mol. The standard InChI is InChI=1S/C20H22O6/c1-18-6-3-13-15(21)25-14(11-5-8-24-10-11)9-19(13,2)20(18)7-4-12(18)16(22)26-17(20)23/h5,8,10,12-14H,3-4,6-7,9H2,1-2H3/t12-,13+,14-,18-,19-,20-/m0/s1. The molecule has 0 amide bonds. The van der Waals surface area contributed by atoms with E-state index in [1.165, 1.54) is 0 Å². The van der Waals surface area contributed by atoms with Crippen molar-refractivity contribution in [1.29, 1.82) is 0 Å². The lowest BCUT2D eigenvalue weighted by Crippen LogP contribution is -2.67. The Hall–Kier alpha value is -2.11. The molecule has 2 aliphatic carbocycles. The topological polar surface area (TPSA) is 82.8 Å². The van der Waals surface area contributed by atoms with Gasteiger partial charge in [0.1, 0.15) is 6.10 Å². The fourth-order valence-electron chi connectivity index (χ4n) is 6.83. The maximum atomic E-state index is 13.2. The molecule has 6 atom stereocenters. The van der Waals surface area contributed by atoms with Crippen LogP contribution in [0, 0.1) is 28.1 Å². The van der Waals surface area contributed by atoms with E-state index in [2.05, 4.69) is 6.92 Å². The first-order valence-electron chi connectivity index (χ1n) is 9.32. The maximum absolute atomic E-state index is 13.2. The number of rotatable bonds is 1. The van der Waals surface area contributed by atoms with Gasteiger partial charge in [-0.05, 0) is 43.6 Å². The lowest BCUT2D eigenvalue weighted by atomic mass is 9.40. The molecule has 1 aromatic heterocycles. The minimum absolute atomic E-state index is 0.255. The number of esters is 3. The molecule has 2 bridgehead atoms. The maximum Gasteiger partial charge on any atom is 0.320 e. The Morgan fingerprint density at radius 1 is 1.00 bits per heavy atom. The summed E-state index contributed by atoms with van der Waals surface area (Å²) in [5.41, 5.74) is -1.08. The van der Waals surface area contributed by atoms with Gasteiger partial charge in [0.05, 0.1) is 29.8 Å². The number of hydrogen-bond donors (Lipinski definition) is 0. The average Bonchev–Trinajstić information content (AvgIpc) is 3.17. The number of ether oxygens (including phenoxy) is 2. The summed E-state index contributed by atoms with van der Waals surface area (Å²) in [5, 5.41) is 0. The fourth-order valence-corrected chi connectivity index (χ4v) is 6.83. The highest BCUT2D eigenvalue weighted by molar-refractivity contribution is 5.97. The SMILES string of the molecule is C[C@]12C[C@@H](c3ccoc3)OC(=O)[C@H]1CC[C@@]1(C)[C@H]3CC[C@@]21C(=O)OC3=O. The van der Waals surface area contributed by atoms with Crippen LogP contribution in [0.5, 0.6) is 0 Å². The highest BCUT2D eigenvalue weighted by Gasteiger charge is 2.78. The Morgan fingerprint density at radius 2 is 1.73 bits per heavy atom. The molecule has 4 fully saturated rings. The smallest absolute Gasteiger partial charge is 0.320 e. The zero-order valence-corrected chi connectivity index (χ0v) is 14.9. The van der Waals surface area contributed by atoms with Gasteiger partial charge in [-0.3, -0.25) is 14.4 Å². The zero-order valence-electron chi connectivity index (χ0n) is 14.9. The Balaban J connectivity index is 1.66. The molecule has 138 valence electrons. The van der Waals surface area contributed by atoms with Crippen LogP contribution in [0.3, 0.4) is 0 Å². The molecule has 4 aliphatic rings. The van der Waals surface area contributed by atoms with Crippen LogP contribution in [-0.4, -0.2) is 17.9 Å². The van der Waals surface area contributed by atoms with Crippen molar-refractivity contribution in [2.45, 2.75) is 52.1 Å². The summed E-state index contributed by atoms with van der Waals surface area (Å²) in [6.45, 7) is 4.08. The van der Waals surface area contributed by atoms with Crippen molar-refractivity contribution in [3.05, 3.63) is 24.2 Å². The lowest BCUT2D eigenvalue weighted by molar-refractivity contribution is -0.235. The van der Waals surface area contributed by atoms with Gasteiger partial charge in [0.2, 0.25) is 0 Å². The number of cyclic esters (lactones) is 3. The molecule has 0 spiro atoms. The molecular weight excluding hydrogens is 336 g/mol. The molecule has 5 rings (SSSR count). The van der Waals surface area contributed by atoms with Crippen LogP contribution in [0.15, 0.2) is 23.0 Å². The van der Waals surface area contributed by atoms with Gasteiger partial charge in [-0.15, -0.1) is 0 Å². The highest BCUT2D eigenvalue weighted by Crippen LogP contribution is 2.75. The summed E-state index contributed by atoms with van der Waals surface area (Å²) < 4.78 is 16.1. The van der Waals surface area contributed by atoms with Gasteiger partial charge in [-0.2, -0.15) is 0 Å². The molecule has 26 heavy (non-hydrogen) atoms. The summed E-state index contributed by atoms with van der Waals surface area (Å²) >= 11 is 0. The molecule has 3 heterocycles. The first kappa shape index (κ1) is 16.1. The number of fused-ring (bicyclic) bond motifs is 1. The molecule has 1 aromatic rings. The molecule has 6 heteroatoms. The zero-order chi connectivity index (χ0) is 18.3. The second-order valence-corrected chi connectivity index (χ2v) is 8.82. The predicted octanol–water partition coefficient (Wildman–Crippen LogP) is 3.17. The van der Waals surface area contributed by atoms with Crippen LogP contribution in [0.4, 0.5) is 0 Å². The van der Waals surface area contributed by atoms with Crippen molar-refractivity contribution in [2.75, 3.05) is 0 Å². The monoisotopic (exact) mass is 358 g/mol. The fraction of sp³-hybridized carbons (Fsp3) is 0.650.